The second-order valence-corrected chi connectivity index (χ2v) is 4.72. The Morgan fingerprint density at radius 2 is 1.50 bits per heavy atom. The van der Waals surface area contributed by atoms with Crippen LogP contribution >= 0.6 is 23.2 Å². The molecule has 0 aliphatic heterocycles. The number of amides is 1. The van der Waals surface area contributed by atoms with Crippen LogP contribution in [0.25, 0.3) is 0 Å². The minimum atomic E-state index is -1.18. The topological polar surface area (TPSA) is 66.4 Å². The van der Waals surface area contributed by atoms with Crippen molar-refractivity contribution in [2.24, 2.45) is 0 Å². The number of rotatable bonds is 3. The Labute approximate surface area is 124 Å². The molecule has 0 aromatic heterocycles. The van der Waals surface area contributed by atoms with Crippen LogP contribution in [-0.4, -0.2) is 17.0 Å². The molecule has 2 aromatic rings. The Morgan fingerprint density at radius 3 is 2.15 bits per heavy atom. The maximum atomic E-state index is 12.1. The van der Waals surface area contributed by atoms with Gasteiger partial charge < -0.3 is 10.4 Å². The smallest absolute Gasteiger partial charge is 0.337 e. The average molecular weight is 310 g/mol. The van der Waals surface area contributed by atoms with Gasteiger partial charge in [-0.15, -0.1) is 0 Å². The van der Waals surface area contributed by atoms with Crippen molar-refractivity contribution >= 4 is 40.8 Å². The Balaban J connectivity index is 2.38. The van der Waals surface area contributed by atoms with E-state index in [-0.39, 0.29) is 26.9 Å². The van der Waals surface area contributed by atoms with Crippen LogP contribution in [0, 0.1) is 0 Å². The molecule has 0 fully saturated rings. The van der Waals surface area contributed by atoms with Crippen molar-refractivity contribution < 1.29 is 14.7 Å². The van der Waals surface area contributed by atoms with Crippen molar-refractivity contribution in [3.63, 3.8) is 0 Å². The zero-order chi connectivity index (χ0) is 14.7. The van der Waals surface area contributed by atoms with Gasteiger partial charge in [0.15, 0.2) is 0 Å². The largest absolute Gasteiger partial charge is 0.478 e. The zero-order valence-electron chi connectivity index (χ0n) is 10.1. The molecule has 6 heteroatoms. The second-order valence-electron chi connectivity index (χ2n) is 3.90. The van der Waals surface area contributed by atoms with Gasteiger partial charge in [-0.2, -0.15) is 0 Å². The molecule has 2 N–H and O–H groups in total. The minimum Gasteiger partial charge on any atom is -0.478 e. The van der Waals surface area contributed by atoms with Crippen LogP contribution in [-0.2, 0) is 0 Å². The highest BCUT2D eigenvalue weighted by atomic mass is 35.5. The van der Waals surface area contributed by atoms with Gasteiger partial charge in [-0.25, -0.2) is 4.79 Å². The predicted octanol–water partition coefficient (Wildman–Crippen LogP) is 3.94. The third kappa shape index (κ3) is 2.92. The first-order chi connectivity index (χ1) is 9.50. The summed E-state index contributed by atoms with van der Waals surface area (Å²) < 4.78 is 0. The van der Waals surface area contributed by atoms with Crippen LogP contribution in [0.5, 0.6) is 0 Å². The highest BCUT2D eigenvalue weighted by Crippen LogP contribution is 2.27. The van der Waals surface area contributed by atoms with Crippen molar-refractivity contribution in [2.45, 2.75) is 0 Å². The van der Waals surface area contributed by atoms with Crippen LogP contribution in [0.2, 0.25) is 10.0 Å². The molecular formula is C14H9Cl2NO3. The number of benzene rings is 2. The number of aromatic carboxylic acids is 1. The maximum absolute atomic E-state index is 12.1. The predicted molar refractivity (Wildman–Crippen MR) is 77.8 cm³/mol. The number of carboxylic acids is 1. The first-order valence-corrected chi connectivity index (χ1v) is 6.34. The number of carbonyl (C=O) groups is 2. The van der Waals surface area contributed by atoms with Crippen LogP contribution < -0.4 is 5.32 Å². The van der Waals surface area contributed by atoms with E-state index in [0.29, 0.717) is 0 Å². The SMILES string of the molecule is O=C(Nc1c(Cl)cccc1C(=O)O)c1ccccc1Cl. The Hall–Kier alpha value is -2.04. The lowest BCUT2D eigenvalue weighted by Gasteiger charge is -2.11. The van der Waals surface area contributed by atoms with Crippen molar-refractivity contribution in [2.75, 3.05) is 5.32 Å². The van der Waals surface area contributed by atoms with E-state index in [1.165, 1.54) is 24.3 Å². The van der Waals surface area contributed by atoms with Crippen LogP contribution in [0.15, 0.2) is 42.5 Å². The van der Waals surface area contributed by atoms with Gasteiger partial charge in [0.05, 0.1) is 26.9 Å². The summed E-state index contributed by atoms with van der Waals surface area (Å²) in [6, 6.07) is 10.8. The van der Waals surface area contributed by atoms with Gasteiger partial charge in [-0.1, -0.05) is 41.4 Å². The standard InChI is InChI=1S/C14H9Cl2NO3/c15-10-6-2-1-4-8(10)13(18)17-12-9(14(19)20)5-3-7-11(12)16/h1-7H,(H,17,18)(H,19,20). The van der Waals surface area contributed by atoms with E-state index in [4.69, 9.17) is 28.3 Å². The molecule has 0 unspecified atom stereocenters. The number of para-hydroxylation sites is 1. The highest BCUT2D eigenvalue weighted by molar-refractivity contribution is 6.36. The average Bonchev–Trinajstić information content (AvgIpc) is 2.41. The summed E-state index contributed by atoms with van der Waals surface area (Å²) in [6.07, 6.45) is 0. The highest BCUT2D eigenvalue weighted by Gasteiger charge is 2.17. The summed E-state index contributed by atoms with van der Waals surface area (Å²) in [5.41, 5.74) is 0.204. The molecule has 4 nitrogen and oxygen atoms in total. The normalized spacial score (nSPS) is 10.1. The third-order valence-corrected chi connectivity index (χ3v) is 3.25. The van der Waals surface area contributed by atoms with E-state index in [0.717, 1.165) is 0 Å². The fourth-order valence-electron chi connectivity index (χ4n) is 1.66. The lowest BCUT2D eigenvalue weighted by Crippen LogP contribution is -2.15. The summed E-state index contributed by atoms with van der Waals surface area (Å²) in [7, 11) is 0. The van der Waals surface area contributed by atoms with Gasteiger partial charge in [-0.3, -0.25) is 4.79 Å². The maximum Gasteiger partial charge on any atom is 0.337 e. The molecular weight excluding hydrogens is 301 g/mol. The monoisotopic (exact) mass is 309 g/mol. The van der Waals surface area contributed by atoms with Crippen molar-refractivity contribution in [3.05, 3.63) is 63.6 Å². The number of nitrogens with one attached hydrogen (secondary N) is 1. The zero-order valence-corrected chi connectivity index (χ0v) is 11.6. The Morgan fingerprint density at radius 1 is 0.900 bits per heavy atom. The molecule has 0 saturated carbocycles. The van der Waals surface area contributed by atoms with Crippen LogP contribution in [0.4, 0.5) is 5.69 Å². The Kier molecular flexibility index (Phi) is 4.27. The molecule has 2 rings (SSSR count). The van der Waals surface area contributed by atoms with E-state index >= 15 is 0 Å². The molecule has 0 radical (unpaired) electrons. The summed E-state index contributed by atoms with van der Waals surface area (Å²) in [5, 5.41) is 12.0. The fourth-order valence-corrected chi connectivity index (χ4v) is 2.10. The fraction of sp³-hybridized carbons (Fsp3) is 0. The number of halogens is 2. The molecule has 0 spiro atoms. The molecule has 102 valence electrons. The van der Waals surface area contributed by atoms with Gasteiger partial charge >= 0.3 is 5.97 Å². The minimum absolute atomic E-state index is 0.0478. The van der Waals surface area contributed by atoms with Gasteiger partial charge in [-0.05, 0) is 24.3 Å². The summed E-state index contributed by atoms with van der Waals surface area (Å²) in [5.74, 6) is -1.70. The van der Waals surface area contributed by atoms with E-state index in [2.05, 4.69) is 5.32 Å². The van der Waals surface area contributed by atoms with E-state index in [9.17, 15) is 9.59 Å². The van der Waals surface area contributed by atoms with Crippen molar-refractivity contribution in [1.29, 1.82) is 0 Å². The molecule has 1 amide bonds. The summed E-state index contributed by atoms with van der Waals surface area (Å²) >= 11 is 11.9. The first kappa shape index (κ1) is 14.4. The number of hydrogen-bond donors (Lipinski definition) is 2. The Bertz CT molecular complexity index is 686. The lowest BCUT2D eigenvalue weighted by molar-refractivity contribution is 0.0698. The molecule has 20 heavy (non-hydrogen) atoms. The van der Waals surface area contributed by atoms with E-state index in [1.807, 2.05) is 0 Å². The number of carbonyl (C=O) groups excluding carboxylic acids is 1. The molecule has 0 aliphatic rings. The van der Waals surface area contributed by atoms with Crippen molar-refractivity contribution in [1.82, 2.24) is 0 Å². The molecule has 0 heterocycles. The number of carboxylic acid groups (broad SMARTS) is 1. The molecule has 0 atom stereocenters. The second kappa shape index (κ2) is 5.94. The summed E-state index contributed by atoms with van der Waals surface area (Å²) in [6.45, 7) is 0. The van der Waals surface area contributed by atoms with Crippen LogP contribution in [0.1, 0.15) is 20.7 Å². The lowest BCUT2D eigenvalue weighted by atomic mass is 10.1. The first-order valence-electron chi connectivity index (χ1n) is 5.58. The van der Waals surface area contributed by atoms with Gasteiger partial charge in [0.25, 0.3) is 5.91 Å². The van der Waals surface area contributed by atoms with Gasteiger partial charge in [0.2, 0.25) is 0 Å². The molecule has 0 aliphatic carbocycles. The van der Waals surface area contributed by atoms with E-state index < -0.39 is 11.9 Å². The molecule has 0 bridgehead atoms. The third-order valence-electron chi connectivity index (χ3n) is 2.60. The van der Waals surface area contributed by atoms with Gasteiger partial charge in [0, 0.05) is 0 Å². The number of hydrogen-bond acceptors (Lipinski definition) is 2. The molecule has 0 saturated heterocycles. The quantitative estimate of drug-likeness (QED) is 0.902. The van der Waals surface area contributed by atoms with E-state index in [1.54, 1.807) is 18.2 Å². The number of anilines is 1. The summed E-state index contributed by atoms with van der Waals surface area (Å²) in [4.78, 5) is 23.2. The van der Waals surface area contributed by atoms with Crippen molar-refractivity contribution in [3.8, 4) is 0 Å². The molecule has 2 aromatic carbocycles. The van der Waals surface area contributed by atoms with Crippen LogP contribution in [0.3, 0.4) is 0 Å². The van der Waals surface area contributed by atoms with Gasteiger partial charge in [0.1, 0.15) is 0 Å².